The first-order chi connectivity index (χ1) is 11.6. The Balaban J connectivity index is 1.73. The van der Waals surface area contributed by atoms with E-state index in [2.05, 4.69) is 15.3 Å². The maximum atomic E-state index is 12.2. The van der Waals surface area contributed by atoms with Crippen molar-refractivity contribution in [3.8, 4) is 11.6 Å². The van der Waals surface area contributed by atoms with E-state index in [0.717, 1.165) is 5.69 Å². The van der Waals surface area contributed by atoms with Gasteiger partial charge in [-0.3, -0.25) is 9.78 Å². The molecule has 2 heterocycles. The highest BCUT2D eigenvalue weighted by Crippen LogP contribution is 2.20. The van der Waals surface area contributed by atoms with E-state index in [9.17, 15) is 4.79 Å². The Morgan fingerprint density at radius 1 is 1.12 bits per heavy atom. The number of amides is 1. The van der Waals surface area contributed by atoms with Crippen LogP contribution in [0.2, 0.25) is 0 Å². The molecule has 3 N–H and O–H groups in total. The first kappa shape index (κ1) is 15.5. The molecule has 6 nitrogen and oxygen atoms in total. The largest absolute Gasteiger partial charge is 0.437 e. The fourth-order valence-corrected chi connectivity index (χ4v) is 2.05. The summed E-state index contributed by atoms with van der Waals surface area (Å²) in [7, 11) is 0. The minimum absolute atomic E-state index is 0.288. The van der Waals surface area contributed by atoms with Gasteiger partial charge in [0.25, 0.3) is 5.91 Å². The van der Waals surface area contributed by atoms with Crippen LogP contribution in [0, 0.1) is 6.92 Å². The third kappa shape index (κ3) is 3.86. The predicted molar refractivity (Wildman–Crippen MR) is 92.1 cm³/mol. The molecule has 120 valence electrons. The number of benzene rings is 1. The average Bonchev–Trinajstić information content (AvgIpc) is 2.57. The molecule has 0 aliphatic carbocycles. The van der Waals surface area contributed by atoms with Crippen molar-refractivity contribution in [2.24, 2.45) is 0 Å². The lowest BCUT2D eigenvalue weighted by Gasteiger charge is -2.08. The van der Waals surface area contributed by atoms with Crippen molar-refractivity contribution in [3.05, 3.63) is 72.1 Å². The topological polar surface area (TPSA) is 90.1 Å². The third-order valence-corrected chi connectivity index (χ3v) is 3.22. The van der Waals surface area contributed by atoms with Gasteiger partial charge < -0.3 is 15.8 Å². The number of carbonyl (C=O) groups excluding carboxylic acids is 1. The van der Waals surface area contributed by atoms with E-state index < -0.39 is 0 Å². The Labute approximate surface area is 139 Å². The van der Waals surface area contributed by atoms with Crippen LogP contribution in [0.4, 0.5) is 11.5 Å². The number of aromatic nitrogens is 2. The van der Waals surface area contributed by atoms with Gasteiger partial charge >= 0.3 is 0 Å². The number of carbonyl (C=O) groups is 1. The van der Waals surface area contributed by atoms with Gasteiger partial charge in [0.05, 0.1) is 6.20 Å². The molecule has 1 amide bonds. The molecular formula is C18H16N4O2. The number of hydrogen-bond acceptors (Lipinski definition) is 5. The summed E-state index contributed by atoms with van der Waals surface area (Å²) in [5.74, 6) is 1.04. The molecule has 3 aromatic rings. The second-order valence-corrected chi connectivity index (χ2v) is 5.18. The van der Waals surface area contributed by atoms with Crippen molar-refractivity contribution in [2.75, 3.05) is 11.1 Å². The number of nitrogen functional groups attached to an aromatic ring is 1. The normalized spacial score (nSPS) is 10.2. The van der Waals surface area contributed by atoms with Gasteiger partial charge in [-0.05, 0) is 43.3 Å². The van der Waals surface area contributed by atoms with Gasteiger partial charge in [0, 0.05) is 23.0 Å². The zero-order chi connectivity index (χ0) is 16.9. The second kappa shape index (κ2) is 6.78. The number of anilines is 2. The van der Waals surface area contributed by atoms with Crippen LogP contribution in [0.3, 0.4) is 0 Å². The number of nitrogens with one attached hydrogen (secondary N) is 1. The molecule has 0 atom stereocenters. The first-order valence-corrected chi connectivity index (χ1v) is 7.34. The van der Waals surface area contributed by atoms with E-state index in [1.54, 1.807) is 48.7 Å². The second-order valence-electron chi connectivity index (χ2n) is 5.18. The number of pyridine rings is 2. The maximum absolute atomic E-state index is 12.2. The van der Waals surface area contributed by atoms with E-state index in [1.165, 1.54) is 0 Å². The van der Waals surface area contributed by atoms with Gasteiger partial charge in [-0.15, -0.1) is 0 Å². The van der Waals surface area contributed by atoms with Gasteiger partial charge in [-0.25, -0.2) is 0 Å². The van der Waals surface area contributed by atoms with Crippen LogP contribution >= 0.6 is 0 Å². The van der Waals surface area contributed by atoms with Crippen molar-refractivity contribution in [2.45, 2.75) is 6.92 Å². The van der Waals surface area contributed by atoms with Crippen molar-refractivity contribution < 1.29 is 9.53 Å². The molecule has 0 unspecified atom stereocenters. The molecule has 0 aliphatic rings. The van der Waals surface area contributed by atoms with Gasteiger partial charge in [-0.2, -0.15) is 4.98 Å². The molecule has 0 saturated carbocycles. The molecular weight excluding hydrogens is 304 g/mol. The lowest BCUT2D eigenvalue weighted by molar-refractivity contribution is 0.102. The van der Waals surface area contributed by atoms with Gasteiger partial charge in [0.2, 0.25) is 5.88 Å². The summed E-state index contributed by atoms with van der Waals surface area (Å²) in [6.45, 7) is 1.90. The Bertz CT molecular complexity index is 863. The fraction of sp³-hybridized carbons (Fsp3) is 0.0556. The minimum atomic E-state index is -0.288. The molecule has 1 aromatic carbocycles. The quantitative estimate of drug-likeness (QED) is 0.719. The summed E-state index contributed by atoms with van der Waals surface area (Å²) >= 11 is 0. The molecule has 0 fully saturated rings. The number of ether oxygens (including phenoxy) is 1. The van der Waals surface area contributed by atoms with E-state index in [4.69, 9.17) is 10.5 Å². The van der Waals surface area contributed by atoms with Crippen LogP contribution in [0.15, 0.2) is 60.8 Å². The summed E-state index contributed by atoms with van der Waals surface area (Å²) in [5, 5.41) is 2.72. The number of nitrogens with two attached hydrogens (primary N) is 1. The summed E-state index contributed by atoms with van der Waals surface area (Å²) < 4.78 is 5.64. The monoisotopic (exact) mass is 320 g/mol. The van der Waals surface area contributed by atoms with Crippen molar-refractivity contribution in [1.29, 1.82) is 0 Å². The van der Waals surface area contributed by atoms with E-state index in [-0.39, 0.29) is 5.91 Å². The van der Waals surface area contributed by atoms with Crippen molar-refractivity contribution in [3.63, 3.8) is 0 Å². The van der Waals surface area contributed by atoms with E-state index in [1.807, 2.05) is 19.1 Å². The van der Waals surface area contributed by atoms with Crippen LogP contribution in [0.25, 0.3) is 0 Å². The van der Waals surface area contributed by atoms with E-state index >= 15 is 0 Å². The zero-order valence-electron chi connectivity index (χ0n) is 13.1. The third-order valence-electron chi connectivity index (χ3n) is 3.22. The highest BCUT2D eigenvalue weighted by Gasteiger charge is 2.08. The Hall–Kier alpha value is -3.41. The lowest BCUT2D eigenvalue weighted by Crippen LogP contribution is -2.13. The Morgan fingerprint density at radius 3 is 2.71 bits per heavy atom. The molecule has 0 spiro atoms. The Morgan fingerprint density at radius 2 is 1.96 bits per heavy atom. The average molecular weight is 320 g/mol. The van der Waals surface area contributed by atoms with Gasteiger partial charge in [0.1, 0.15) is 11.6 Å². The molecule has 0 radical (unpaired) electrons. The molecule has 0 aliphatic heterocycles. The summed E-state index contributed by atoms with van der Waals surface area (Å²) in [5.41, 5.74) is 7.58. The Kier molecular flexibility index (Phi) is 4.38. The summed E-state index contributed by atoms with van der Waals surface area (Å²) in [4.78, 5) is 20.6. The SMILES string of the molecule is Cc1ccc(Oc2cccc(NC(=O)c3cccc(N)c3)n2)cn1. The lowest BCUT2D eigenvalue weighted by atomic mass is 10.2. The molecule has 2 aromatic heterocycles. The van der Waals surface area contributed by atoms with Crippen LogP contribution in [-0.2, 0) is 0 Å². The summed E-state index contributed by atoms with van der Waals surface area (Å²) in [6.07, 6.45) is 1.62. The highest BCUT2D eigenvalue weighted by atomic mass is 16.5. The maximum Gasteiger partial charge on any atom is 0.256 e. The number of aryl methyl sites for hydroxylation is 1. The fourth-order valence-electron chi connectivity index (χ4n) is 2.05. The smallest absolute Gasteiger partial charge is 0.256 e. The van der Waals surface area contributed by atoms with Gasteiger partial charge in [-0.1, -0.05) is 12.1 Å². The highest BCUT2D eigenvalue weighted by molar-refractivity contribution is 6.04. The molecule has 24 heavy (non-hydrogen) atoms. The van der Waals surface area contributed by atoms with Crippen molar-refractivity contribution >= 4 is 17.4 Å². The summed E-state index contributed by atoms with van der Waals surface area (Å²) in [6, 6.07) is 15.5. The number of rotatable bonds is 4. The van der Waals surface area contributed by atoms with Crippen LogP contribution in [0.1, 0.15) is 16.1 Å². The molecule has 0 bridgehead atoms. The molecule has 6 heteroatoms. The van der Waals surface area contributed by atoms with Crippen LogP contribution in [-0.4, -0.2) is 15.9 Å². The number of hydrogen-bond donors (Lipinski definition) is 2. The minimum Gasteiger partial charge on any atom is -0.437 e. The standard InChI is InChI=1S/C18H16N4O2/c1-12-8-9-15(11-20-12)24-17-7-3-6-16(21-17)22-18(23)13-4-2-5-14(19)10-13/h2-11H,19H2,1H3,(H,21,22,23). The molecule has 0 saturated heterocycles. The zero-order valence-corrected chi connectivity index (χ0v) is 13.1. The number of nitrogens with zero attached hydrogens (tertiary/aromatic N) is 2. The van der Waals surface area contributed by atoms with Crippen molar-refractivity contribution in [1.82, 2.24) is 9.97 Å². The molecule has 3 rings (SSSR count). The van der Waals surface area contributed by atoms with Crippen LogP contribution < -0.4 is 15.8 Å². The first-order valence-electron chi connectivity index (χ1n) is 7.34. The van der Waals surface area contributed by atoms with Gasteiger partial charge in [0.15, 0.2) is 0 Å². The predicted octanol–water partition coefficient (Wildman–Crippen LogP) is 3.41. The van der Waals surface area contributed by atoms with E-state index in [0.29, 0.717) is 28.7 Å². The van der Waals surface area contributed by atoms with Crippen LogP contribution in [0.5, 0.6) is 11.6 Å².